The van der Waals surface area contributed by atoms with Crippen molar-refractivity contribution in [3.05, 3.63) is 47.0 Å². The molecule has 0 aromatic heterocycles. The second-order valence-corrected chi connectivity index (χ2v) is 6.55. The Balaban J connectivity index is 2.40. The van der Waals surface area contributed by atoms with Gasteiger partial charge in [-0.25, -0.2) is 0 Å². The molecular formula is C23H26O4. The zero-order valence-electron chi connectivity index (χ0n) is 17.0. The van der Waals surface area contributed by atoms with Gasteiger partial charge in [-0.3, -0.25) is 0 Å². The highest BCUT2D eigenvalue weighted by Gasteiger charge is 2.23. The van der Waals surface area contributed by atoms with Crippen LogP contribution in [0.15, 0.2) is 30.3 Å². The maximum absolute atomic E-state index is 5.85. The minimum Gasteiger partial charge on any atom is -0.497 e. The Morgan fingerprint density at radius 2 is 1.22 bits per heavy atom. The first-order valence-electron chi connectivity index (χ1n) is 8.85. The molecule has 3 rings (SSSR count). The molecule has 0 saturated heterocycles. The Bertz CT molecular complexity index is 1010. The summed E-state index contributed by atoms with van der Waals surface area (Å²) in [6.07, 6.45) is 0. The van der Waals surface area contributed by atoms with Crippen molar-refractivity contribution < 1.29 is 18.9 Å². The number of hydrogen-bond donors (Lipinski definition) is 0. The van der Waals surface area contributed by atoms with Crippen molar-refractivity contribution >= 4 is 10.8 Å². The normalized spacial score (nSPS) is 10.8. The lowest BCUT2D eigenvalue weighted by atomic mass is 9.90. The Labute approximate surface area is 160 Å². The van der Waals surface area contributed by atoms with E-state index in [1.54, 1.807) is 28.4 Å². The van der Waals surface area contributed by atoms with Crippen LogP contribution in [0.3, 0.4) is 0 Å². The molecule has 0 heterocycles. The van der Waals surface area contributed by atoms with Crippen LogP contribution in [0.2, 0.25) is 0 Å². The van der Waals surface area contributed by atoms with Gasteiger partial charge in [-0.05, 0) is 61.5 Å². The van der Waals surface area contributed by atoms with Crippen LogP contribution in [0.4, 0.5) is 0 Å². The third-order valence-electron chi connectivity index (χ3n) is 5.25. The Morgan fingerprint density at radius 1 is 0.593 bits per heavy atom. The fraction of sp³-hybridized carbons (Fsp3) is 0.304. The number of rotatable bonds is 5. The summed E-state index contributed by atoms with van der Waals surface area (Å²) < 4.78 is 22.7. The molecule has 142 valence electrons. The minimum absolute atomic E-state index is 0.807. The van der Waals surface area contributed by atoms with Crippen molar-refractivity contribution in [2.24, 2.45) is 0 Å². The van der Waals surface area contributed by atoms with E-state index < -0.39 is 0 Å². The van der Waals surface area contributed by atoms with Crippen molar-refractivity contribution in [2.75, 3.05) is 28.4 Å². The highest BCUT2D eigenvalue weighted by Crippen LogP contribution is 2.48. The third kappa shape index (κ3) is 2.95. The summed E-state index contributed by atoms with van der Waals surface area (Å²) >= 11 is 0. The topological polar surface area (TPSA) is 36.9 Å². The Hall–Kier alpha value is -2.88. The highest BCUT2D eigenvalue weighted by molar-refractivity contribution is 5.98. The van der Waals surface area contributed by atoms with E-state index >= 15 is 0 Å². The molecule has 3 aromatic carbocycles. The lowest BCUT2D eigenvalue weighted by Gasteiger charge is -2.22. The van der Waals surface area contributed by atoms with Gasteiger partial charge in [-0.2, -0.15) is 0 Å². The molecular weight excluding hydrogens is 340 g/mol. The van der Waals surface area contributed by atoms with Crippen LogP contribution in [0.25, 0.3) is 21.9 Å². The van der Waals surface area contributed by atoms with E-state index in [-0.39, 0.29) is 0 Å². The largest absolute Gasteiger partial charge is 0.497 e. The molecule has 0 atom stereocenters. The van der Waals surface area contributed by atoms with Gasteiger partial charge in [-0.1, -0.05) is 6.07 Å². The van der Waals surface area contributed by atoms with Crippen LogP contribution in [0.1, 0.15) is 16.7 Å². The van der Waals surface area contributed by atoms with Crippen LogP contribution >= 0.6 is 0 Å². The summed E-state index contributed by atoms with van der Waals surface area (Å²) in [5, 5.41) is 2.08. The zero-order chi connectivity index (χ0) is 19.7. The van der Waals surface area contributed by atoms with Gasteiger partial charge in [0.1, 0.15) is 23.0 Å². The van der Waals surface area contributed by atoms with E-state index in [0.717, 1.165) is 61.6 Å². The summed E-state index contributed by atoms with van der Waals surface area (Å²) in [6, 6.07) is 10.1. The van der Waals surface area contributed by atoms with E-state index in [1.807, 2.05) is 18.2 Å². The van der Waals surface area contributed by atoms with E-state index in [1.165, 1.54) is 0 Å². The highest BCUT2D eigenvalue weighted by atomic mass is 16.5. The predicted molar refractivity (Wildman–Crippen MR) is 110 cm³/mol. The van der Waals surface area contributed by atoms with E-state index in [9.17, 15) is 0 Å². The van der Waals surface area contributed by atoms with Crippen LogP contribution in [-0.2, 0) is 0 Å². The summed E-state index contributed by atoms with van der Waals surface area (Å²) in [4.78, 5) is 0. The van der Waals surface area contributed by atoms with Crippen molar-refractivity contribution in [2.45, 2.75) is 20.8 Å². The molecule has 0 aliphatic rings. The number of hydrogen-bond acceptors (Lipinski definition) is 4. The standard InChI is InChI=1S/C23H26O4/c1-13-14(2)22(26-6)20(15(3)21(13)25-5)19-10-8-16-12-17(24-4)9-11-18(16)23(19)27-7/h8-12H,1-7H3. The monoisotopic (exact) mass is 366 g/mol. The molecule has 3 aromatic rings. The summed E-state index contributed by atoms with van der Waals surface area (Å²) in [5.74, 6) is 3.35. The van der Waals surface area contributed by atoms with Gasteiger partial charge in [-0.15, -0.1) is 0 Å². The lowest BCUT2D eigenvalue weighted by Crippen LogP contribution is -2.02. The molecule has 4 nitrogen and oxygen atoms in total. The van der Waals surface area contributed by atoms with Gasteiger partial charge in [0, 0.05) is 22.1 Å². The smallest absolute Gasteiger partial charge is 0.134 e. The van der Waals surface area contributed by atoms with Gasteiger partial charge in [0.2, 0.25) is 0 Å². The summed E-state index contributed by atoms with van der Waals surface area (Å²) in [6.45, 7) is 6.16. The zero-order valence-corrected chi connectivity index (χ0v) is 17.0. The van der Waals surface area contributed by atoms with Crippen LogP contribution < -0.4 is 18.9 Å². The lowest BCUT2D eigenvalue weighted by molar-refractivity contribution is 0.395. The molecule has 0 saturated carbocycles. The molecule has 0 aliphatic carbocycles. The van der Waals surface area contributed by atoms with Crippen LogP contribution in [0, 0.1) is 20.8 Å². The number of methoxy groups -OCH3 is 4. The van der Waals surface area contributed by atoms with Gasteiger partial charge in [0.25, 0.3) is 0 Å². The van der Waals surface area contributed by atoms with Gasteiger partial charge in [0.05, 0.1) is 28.4 Å². The molecule has 0 N–H and O–H groups in total. The molecule has 0 spiro atoms. The second-order valence-electron chi connectivity index (χ2n) is 6.55. The van der Waals surface area contributed by atoms with E-state index in [2.05, 4.69) is 32.9 Å². The number of fused-ring (bicyclic) bond motifs is 1. The van der Waals surface area contributed by atoms with Crippen molar-refractivity contribution in [3.8, 4) is 34.1 Å². The maximum atomic E-state index is 5.85. The fourth-order valence-electron chi connectivity index (χ4n) is 3.80. The maximum Gasteiger partial charge on any atom is 0.134 e. The summed E-state index contributed by atoms with van der Waals surface area (Å²) in [7, 11) is 6.77. The predicted octanol–water partition coefficient (Wildman–Crippen LogP) is 5.47. The average molecular weight is 366 g/mol. The van der Waals surface area contributed by atoms with Crippen LogP contribution in [-0.4, -0.2) is 28.4 Å². The SMILES string of the molecule is COc1ccc2c(OC)c(-c3c(C)c(OC)c(C)c(C)c3OC)ccc2c1. The first-order chi connectivity index (χ1) is 13.0. The summed E-state index contributed by atoms with van der Waals surface area (Å²) in [5.41, 5.74) is 5.15. The molecule has 0 amide bonds. The molecule has 0 aliphatic heterocycles. The van der Waals surface area contributed by atoms with Crippen LogP contribution in [0.5, 0.6) is 23.0 Å². The third-order valence-corrected chi connectivity index (χ3v) is 5.25. The van der Waals surface area contributed by atoms with Gasteiger partial charge >= 0.3 is 0 Å². The molecule has 27 heavy (non-hydrogen) atoms. The quantitative estimate of drug-likeness (QED) is 0.600. The number of benzene rings is 3. The average Bonchev–Trinajstić information content (AvgIpc) is 2.69. The van der Waals surface area contributed by atoms with E-state index in [0.29, 0.717) is 0 Å². The van der Waals surface area contributed by atoms with Crippen molar-refractivity contribution in [1.29, 1.82) is 0 Å². The molecule has 4 heteroatoms. The van der Waals surface area contributed by atoms with Crippen molar-refractivity contribution in [3.63, 3.8) is 0 Å². The van der Waals surface area contributed by atoms with Crippen molar-refractivity contribution in [1.82, 2.24) is 0 Å². The fourth-order valence-corrected chi connectivity index (χ4v) is 3.80. The Kier molecular flexibility index (Phi) is 5.17. The number of ether oxygens (including phenoxy) is 4. The Morgan fingerprint density at radius 3 is 1.81 bits per heavy atom. The molecule has 0 radical (unpaired) electrons. The molecule has 0 bridgehead atoms. The first-order valence-corrected chi connectivity index (χ1v) is 8.85. The first kappa shape index (κ1) is 18.9. The van der Waals surface area contributed by atoms with Gasteiger partial charge in [0.15, 0.2) is 0 Å². The minimum atomic E-state index is 0.807. The molecule has 0 fully saturated rings. The molecule has 0 unspecified atom stereocenters. The second kappa shape index (κ2) is 7.39. The van der Waals surface area contributed by atoms with E-state index in [4.69, 9.17) is 18.9 Å². The van der Waals surface area contributed by atoms with Gasteiger partial charge < -0.3 is 18.9 Å².